The quantitative estimate of drug-likeness (QED) is 0.462. The molecular weight excluding hydrogens is 254 g/mol. The lowest BCUT2D eigenvalue weighted by atomic mass is 9.74. The SMILES string of the molecule is CCC(C)(C)C/C=C\CC(C)C(C)CC(C#N)C(C)(C)C. The van der Waals surface area contributed by atoms with Crippen LogP contribution < -0.4 is 0 Å². The van der Waals surface area contributed by atoms with Gasteiger partial charge in [-0.25, -0.2) is 0 Å². The van der Waals surface area contributed by atoms with Crippen molar-refractivity contribution in [2.24, 2.45) is 28.6 Å². The van der Waals surface area contributed by atoms with Crippen LogP contribution in [0.4, 0.5) is 0 Å². The van der Waals surface area contributed by atoms with Crippen LogP contribution in [0.1, 0.15) is 81.1 Å². The molecule has 0 spiro atoms. The average molecular weight is 292 g/mol. The first-order chi connectivity index (χ1) is 9.53. The summed E-state index contributed by atoms with van der Waals surface area (Å²) in [7, 11) is 0. The van der Waals surface area contributed by atoms with Crippen molar-refractivity contribution in [2.75, 3.05) is 0 Å². The summed E-state index contributed by atoms with van der Waals surface area (Å²) in [6, 6.07) is 2.50. The Morgan fingerprint density at radius 3 is 2.00 bits per heavy atom. The van der Waals surface area contributed by atoms with Gasteiger partial charge in [-0.2, -0.15) is 5.26 Å². The molecule has 0 aliphatic carbocycles. The van der Waals surface area contributed by atoms with Crippen LogP contribution in [-0.4, -0.2) is 0 Å². The number of nitrogens with zero attached hydrogens (tertiary/aromatic N) is 1. The molecule has 21 heavy (non-hydrogen) atoms. The van der Waals surface area contributed by atoms with Gasteiger partial charge in [0.05, 0.1) is 12.0 Å². The first-order valence-electron chi connectivity index (χ1n) is 8.58. The molecule has 0 saturated carbocycles. The van der Waals surface area contributed by atoms with Crippen LogP contribution in [0.5, 0.6) is 0 Å². The van der Waals surface area contributed by atoms with Crippen molar-refractivity contribution in [3.05, 3.63) is 12.2 Å². The molecule has 0 heterocycles. The minimum absolute atomic E-state index is 0.0870. The highest BCUT2D eigenvalue weighted by atomic mass is 14.4. The summed E-state index contributed by atoms with van der Waals surface area (Å²) in [4.78, 5) is 0. The molecule has 122 valence electrons. The predicted octanol–water partition coefficient (Wildman–Crippen LogP) is 6.61. The van der Waals surface area contributed by atoms with Gasteiger partial charge in [-0.05, 0) is 41.9 Å². The summed E-state index contributed by atoms with van der Waals surface area (Å²) in [6.07, 6.45) is 9.21. The second-order valence-electron chi connectivity index (χ2n) is 8.67. The molecule has 0 aromatic rings. The molecule has 0 fully saturated rings. The van der Waals surface area contributed by atoms with E-state index in [2.05, 4.69) is 73.6 Å². The van der Waals surface area contributed by atoms with Crippen LogP contribution in [0, 0.1) is 39.9 Å². The lowest BCUT2D eigenvalue weighted by Crippen LogP contribution is -2.23. The first kappa shape index (κ1) is 20.2. The molecule has 0 aromatic heterocycles. The van der Waals surface area contributed by atoms with E-state index in [1.54, 1.807) is 0 Å². The molecule has 0 rings (SSSR count). The van der Waals surface area contributed by atoms with Crippen LogP contribution in [0.25, 0.3) is 0 Å². The molecule has 0 amide bonds. The first-order valence-corrected chi connectivity index (χ1v) is 8.58. The maximum Gasteiger partial charge on any atom is 0.0661 e. The standard InChI is InChI=1S/C20H37N/c1-9-20(7,8)13-11-10-12-16(2)17(3)14-18(15-21)19(4,5)6/h10-11,16-18H,9,12-14H2,1-8H3/b11-10-. The zero-order valence-corrected chi connectivity index (χ0v) is 15.7. The van der Waals surface area contributed by atoms with Crippen LogP contribution in [0.15, 0.2) is 12.2 Å². The molecule has 3 unspecified atom stereocenters. The lowest BCUT2D eigenvalue weighted by Gasteiger charge is -2.29. The highest BCUT2D eigenvalue weighted by molar-refractivity contribution is 4.94. The van der Waals surface area contributed by atoms with E-state index in [0.717, 1.165) is 19.3 Å². The van der Waals surface area contributed by atoms with E-state index in [-0.39, 0.29) is 11.3 Å². The third-order valence-electron chi connectivity index (χ3n) is 5.08. The minimum Gasteiger partial charge on any atom is -0.198 e. The predicted molar refractivity (Wildman–Crippen MR) is 93.9 cm³/mol. The average Bonchev–Trinajstić information content (AvgIpc) is 2.38. The number of allylic oxidation sites excluding steroid dienone is 2. The van der Waals surface area contributed by atoms with Gasteiger partial charge in [0.1, 0.15) is 0 Å². The van der Waals surface area contributed by atoms with Gasteiger partial charge in [-0.3, -0.25) is 0 Å². The zero-order valence-electron chi connectivity index (χ0n) is 15.7. The summed E-state index contributed by atoms with van der Waals surface area (Å²) in [5.41, 5.74) is 0.507. The second kappa shape index (κ2) is 8.62. The van der Waals surface area contributed by atoms with Gasteiger partial charge < -0.3 is 0 Å². The molecule has 0 aliphatic rings. The van der Waals surface area contributed by atoms with Crippen LogP contribution in [-0.2, 0) is 0 Å². The number of nitriles is 1. The summed E-state index contributed by atoms with van der Waals surface area (Å²) in [6.45, 7) is 18.0. The third kappa shape index (κ3) is 8.30. The smallest absolute Gasteiger partial charge is 0.0661 e. The van der Waals surface area contributed by atoms with Crippen molar-refractivity contribution < 1.29 is 0 Å². The maximum absolute atomic E-state index is 9.36. The molecular formula is C20H37N. The fraction of sp³-hybridized carbons (Fsp3) is 0.850. The van der Waals surface area contributed by atoms with Crippen molar-refractivity contribution in [1.82, 2.24) is 0 Å². The molecule has 0 radical (unpaired) electrons. The van der Waals surface area contributed by atoms with E-state index in [4.69, 9.17) is 0 Å². The Labute approximate surface area is 133 Å². The van der Waals surface area contributed by atoms with E-state index < -0.39 is 0 Å². The van der Waals surface area contributed by atoms with E-state index in [1.807, 2.05) is 0 Å². The van der Waals surface area contributed by atoms with Crippen molar-refractivity contribution in [3.8, 4) is 6.07 Å². The molecule has 1 nitrogen and oxygen atoms in total. The van der Waals surface area contributed by atoms with Gasteiger partial charge in [-0.15, -0.1) is 0 Å². The van der Waals surface area contributed by atoms with E-state index in [9.17, 15) is 5.26 Å². The molecule has 1 heteroatoms. The van der Waals surface area contributed by atoms with Gasteiger partial charge >= 0.3 is 0 Å². The Kier molecular flexibility index (Phi) is 8.30. The van der Waals surface area contributed by atoms with Gasteiger partial charge in [0, 0.05) is 0 Å². The fourth-order valence-electron chi connectivity index (χ4n) is 2.29. The minimum atomic E-state index is 0.0870. The molecule has 3 atom stereocenters. The number of hydrogen-bond acceptors (Lipinski definition) is 1. The molecule has 0 aliphatic heterocycles. The van der Waals surface area contributed by atoms with Crippen molar-refractivity contribution in [1.29, 1.82) is 5.26 Å². The largest absolute Gasteiger partial charge is 0.198 e. The summed E-state index contributed by atoms with van der Waals surface area (Å²) in [5.74, 6) is 1.39. The summed E-state index contributed by atoms with van der Waals surface area (Å²) >= 11 is 0. The van der Waals surface area contributed by atoms with Gasteiger partial charge in [0.25, 0.3) is 0 Å². The molecule has 0 bridgehead atoms. The fourth-order valence-corrected chi connectivity index (χ4v) is 2.29. The zero-order chi connectivity index (χ0) is 16.7. The van der Waals surface area contributed by atoms with Crippen molar-refractivity contribution >= 4 is 0 Å². The normalized spacial score (nSPS) is 17.5. The number of rotatable bonds is 8. The summed E-state index contributed by atoms with van der Waals surface area (Å²) < 4.78 is 0. The lowest BCUT2D eigenvalue weighted by molar-refractivity contribution is 0.225. The van der Waals surface area contributed by atoms with E-state index in [0.29, 0.717) is 17.3 Å². The molecule has 0 aromatic carbocycles. The van der Waals surface area contributed by atoms with Crippen LogP contribution >= 0.6 is 0 Å². The van der Waals surface area contributed by atoms with Crippen molar-refractivity contribution in [3.63, 3.8) is 0 Å². The molecule has 0 N–H and O–H groups in total. The Bertz CT molecular complexity index is 351. The van der Waals surface area contributed by atoms with Gasteiger partial charge in [0.2, 0.25) is 0 Å². The highest BCUT2D eigenvalue weighted by Gasteiger charge is 2.27. The van der Waals surface area contributed by atoms with Crippen LogP contribution in [0.3, 0.4) is 0 Å². The Morgan fingerprint density at radius 1 is 1.00 bits per heavy atom. The van der Waals surface area contributed by atoms with Gasteiger partial charge in [0.15, 0.2) is 0 Å². The third-order valence-corrected chi connectivity index (χ3v) is 5.08. The maximum atomic E-state index is 9.36. The van der Waals surface area contributed by atoms with Crippen LogP contribution in [0.2, 0.25) is 0 Å². The topological polar surface area (TPSA) is 23.8 Å². The van der Waals surface area contributed by atoms with E-state index >= 15 is 0 Å². The second-order valence-corrected chi connectivity index (χ2v) is 8.67. The highest BCUT2D eigenvalue weighted by Crippen LogP contribution is 2.33. The number of hydrogen-bond donors (Lipinski definition) is 0. The Morgan fingerprint density at radius 2 is 1.57 bits per heavy atom. The van der Waals surface area contributed by atoms with E-state index in [1.165, 1.54) is 6.42 Å². The molecule has 0 saturated heterocycles. The van der Waals surface area contributed by atoms with Gasteiger partial charge in [-0.1, -0.05) is 74.0 Å². The Balaban J connectivity index is 4.32. The Hall–Kier alpha value is -0.770. The summed E-state index contributed by atoms with van der Waals surface area (Å²) in [5, 5.41) is 9.36. The van der Waals surface area contributed by atoms with Crippen molar-refractivity contribution in [2.45, 2.75) is 81.1 Å². The monoisotopic (exact) mass is 291 g/mol.